The minimum Gasteiger partial charge on any atom is -0.376 e. The van der Waals surface area contributed by atoms with Gasteiger partial charge < -0.3 is 9.64 Å². The van der Waals surface area contributed by atoms with Crippen molar-refractivity contribution in [3.63, 3.8) is 0 Å². The molecule has 6 nitrogen and oxygen atoms in total. The third-order valence-corrected chi connectivity index (χ3v) is 4.42. The van der Waals surface area contributed by atoms with Crippen molar-refractivity contribution < 1.29 is 14.5 Å². The van der Waals surface area contributed by atoms with E-state index in [2.05, 4.69) is 0 Å². The van der Waals surface area contributed by atoms with Gasteiger partial charge in [0.25, 0.3) is 0 Å². The van der Waals surface area contributed by atoms with Crippen molar-refractivity contribution in [1.29, 1.82) is 0 Å². The summed E-state index contributed by atoms with van der Waals surface area (Å²) >= 11 is 1.17. The Bertz CT molecular complexity index is 494. The first-order valence-electron chi connectivity index (χ1n) is 6.11. The van der Waals surface area contributed by atoms with Crippen LogP contribution in [0.25, 0.3) is 0 Å². The number of Topliss-reactive ketones (excluding diaryl/α,β-unsaturated/α-hetero) is 1. The van der Waals surface area contributed by atoms with E-state index in [-0.39, 0.29) is 17.6 Å². The predicted molar refractivity (Wildman–Crippen MR) is 73.2 cm³/mol. The quantitative estimate of drug-likeness (QED) is 0.472. The van der Waals surface area contributed by atoms with E-state index in [1.807, 2.05) is 4.90 Å². The summed E-state index contributed by atoms with van der Waals surface area (Å²) < 4.78 is 5.53. The number of ether oxygens (including phenoxy) is 1. The van der Waals surface area contributed by atoms with Crippen molar-refractivity contribution in [2.24, 2.45) is 0 Å². The number of anilines is 1. The molecule has 0 aliphatic carbocycles. The Morgan fingerprint density at radius 3 is 2.95 bits per heavy atom. The first-order valence-corrected chi connectivity index (χ1v) is 6.92. The molecule has 1 fully saturated rings. The van der Waals surface area contributed by atoms with Crippen LogP contribution in [-0.2, 0) is 4.74 Å². The number of thiophene rings is 1. The second-order valence-corrected chi connectivity index (χ2v) is 5.66. The Labute approximate surface area is 115 Å². The van der Waals surface area contributed by atoms with E-state index < -0.39 is 4.92 Å². The van der Waals surface area contributed by atoms with Crippen LogP contribution in [0.3, 0.4) is 0 Å². The highest BCUT2D eigenvalue weighted by Gasteiger charge is 2.26. The number of carbonyl (C=O) groups excluding carboxylic acids is 1. The zero-order valence-electron chi connectivity index (χ0n) is 10.9. The van der Waals surface area contributed by atoms with Gasteiger partial charge in [-0.05, 0) is 19.8 Å². The van der Waals surface area contributed by atoms with Crippen molar-refractivity contribution in [3.8, 4) is 0 Å². The molecule has 2 heterocycles. The molecular formula is C12H16N2O4S. The summed E-state index contributed by atoms with van der Waals surface area (Å²) in [5.74, 6) is -0.148. The van der Waals surface area contributed by atoms with E-state index >= 15 is 0 Å². The highest BCUT2D eigenvalue weighted by molar-refractivity contribution is 7.18. The van der Waals surface area contributed by atoms with Crippen LogP contribution in [0.1, 0.15) is 29.4 Å². The van der Waals surface area contributed by atoms with Gasteiger partial charge in [0.05, 0.1) is 15.9 Å². The average molecular weight is 284 g/mol. The molecule has 0 bridgehead atoms. The summed E-state index contributed by atoms with van der Waals surface area (Å²) in [5.41, 5.74) is -0.00398. The molecule has 1 atom stereocenters. The number of rotatable bonds is 5. The maximum absolute atomic E-state index is 11.3. The van der Waals surface area contributed by atoms with Crippen molar-refractivity contribution in [3.05, 3.63) is 21.1 Å². The molecule has 0 saturated carbocycles. The summed E-state index contributed by atoms with van der Waals surface area (Å²) in [5, 5.41) is 11.6. The molecule has 1 aliphatic rings. The van der Waals surface area contributed by atoms with E-state index in [9.17, 15) is 14.9 Å². The summed E-state index contributed by atoms with van der Waals surface area (Å²) in [7, 11) is 1.80. The van der Waals surface area contributed by atoms with Crippen molar-refractivity contribution in [2.45, 2.75) is 25.9 Å². The molecular weight excluding hydrogens is 268 g/mol. The second-order valence-electron chi connectivity index (χ2n) is 4.63. The Morgan fingerprint density at radius 1 is 1.68 bits per heavy atom. The first-order chi connectivity index (χ1) is 8.99. The van der Waals surface area contributed by atoms with E-state index in [1.54, 1.807) is 7.05 Å². The average Bonchev–Trinajstić information content (AvgIpc) is 2.96. The van der Waals surface area contributed by atoms with Crippen molar-refractivity contribution >= 4 is 27.8 Å². The number of nitro groups is 1. The van der Waals surface area contributed by atoms with Gasteiger partial charge in [-0.1, -0.05) is 0 Å². The second kappa shape index (κ2) is 5.66. The van der Waals surface area contributed by atoms with Gasteiger partial charge in [0, 0.05) is 26.3 Å². The Hall–Kier alpha value is -1.47. The fraction of sp³-hybridized carbons (Fsp3) is 0.583. The van der Waals surface area contributed by atoms with Gasteiger partial charge in [-0.3, -0.25) is 14.9 Å². The Kier molecular flexibility index (Phi) is 4.16. The molecule has 0 spiro atoms. The standard InChI is InChI=1S/C12H16N2O4S/c1-8(15)11-6-10(14(16)17)12(19-11)13(2)7-9-4-3-5-18-9/h6,9H,3-5,7H2,1-2H3. The van der Waals surface area contributed by atoms with Crippen LogP contribution in [0.4, 0.5) is 10.7 Å². The maximum atomic E-state index is 11.3. The number of carbonyl (C=O) groups is 1. The monoisotopic (exact) mass is 284 g/mol. The first kappa shape index (κ1) is 14.0. The molecule has 0 aromatic carbocycles. The molecule has 1 saturated heterocycles. The van der Waals surface area contributed by atoms with Crippen molar-refractivity contribution in [1.82, 2.24) is 0 Å². The zero-order valence-corrected chi connectivity index (χ0v) is 11.7. The van der Waals surface area contributed by atoms with Crippen LogP contribution in [0, 0.1) is 10.1 Å². The molecule has 1 unspecified atom stereocenters. The largest absolute Gasteiger partial charge is 0.376 e. The number of nitrogens with zero attached hydrogens (tertiary/aromatic N) is 2. The highest BCUT2D eigenvalue weighted by Crippen LogP contribution is 2.37. The number of ketones is 1. The molecule has 1 aromatic rings. The van der Waals surface area contributed by atoms with Crippen LogP contribution in [0.5, 0.6) is 0 Å². The maximum Gasteiger partial charge on any atom is 0.304 e. The third kappa shape index (κ3) is 3.10. The fourth-order valence-electron chi connectivity index (χ4n) is 2.13. The van der Waals surface area contributed by atoms with Crippen LogP contribution in [-0.4, -0.2) is 37.0 Å². The van der Waals surface area contributed by atoms with Gasteiger partial charge in [-0.25, -0.2) is 0 Å². The van der Waals surface area contributed by atoms with Crippen LogP contribution in [0.2, 0.25) is 0 Å². The van der Waals surface area contributed by atoms with Crippen LogP contribution >= 0.6 is 11.3 Å². The van der Waals surface area contributed by atoms with E-state index in [0.717, 1.165) is 19.4 Å². The molecule has 7 heteroatoms. The fourth-order valence-corrected chi connectivity index (χ4v) is 3.12. The normalized spacial score (nSPS) is 18.5. The van der Waals surface area contributed by atoms with Gasteiger partial charge in [-0.15, -0.1) is 11.3 Å². The molecule has 1 aliphatic heterocycles. The summed E-state index contributed by atoms with van der Waals surface area (Å²) in [6.07, 6.45) is 2.12. The van der Waals surface area contributed by atoms with Crippen LogP contribution < -0.4 is 4.90 Å². The minimum absolute atomic E-state index is 0.00398. The number of hydrogen-bond donors (Lipinski definition) is 0. The van der Waals surface area contributed by atoms with Gasteiger partial charge in [-0.2, -0.15) is 0 Å². The molecule has 0 radical (unpaired) electrons. The topological polar surface area (TPSA) is 72.7 Å². The van der Waals surface area contributed by atoms with E-state index in [0.29, 0.717) is 16.4 Å². The summed E-state index contributed by atoms with van der Waals surface area (Å²) in [6, 6.07) is 1.36. The summed E-state index contributed by atoms with van der Waals surface area (Å²) in [6.45, 7) is 2.78. The van der Waals surface area contributed by atoms with Gasteiger partial charge in [0.15, 0.2) is 10.8 Å². The molecule has 0 amide bonds. The lowest BCUT2D eigenvalue weighted by molar-refractivity contribution is -0.383. The predicted octanol–water partition coefficient (Wildman–Crippen LogP) is 2.47. The molecule has 1 aromatic heterocycles. The number of likely N-dealkylation sites (N-methyl/N-ethyl adjacent to an activating group) is 1. The molecule has 0 N–H and O–H groups in total. The van der Waals surface area contributed by atoms with E-state index in [1.165, 1.54) is 24.3 Å². The Morgan fingerprint density at radius 2 is 2.42 bits per heavy atom. The minimum atomic E-state index is -0.440. The SMILES string of the molecule is CC(=O)c1cc([N+](=O)[O-])c(N(C)CC2CCCO2)s1. The van der Waals surface area contributed by atoms with Gasteiger partial charge in [0.1, 0.15) is 0 Å². The molecule has 104 valence electrons. The van der Waals surface area contributed by atoms with Crippen LogP contribution in [0.15, 0.2) is 6.07 Å². The molecule has 19 heavy (non-hydrogen) atoms. The molecule has 2 rings (SSSR count). The smallest absolute Gasteiger partial charge is 0.304 e. The Balaban J connectivity index is 2.21. The lowest BCUT2D eigenvalue weighted by Crippen LogP contribution is -2.28. The highest BCUT2D eigenvalue weighted by atomic mass is 32.1. The van der Waals surface area contributed by atoms with E-state index in [4.69, 9.17) is 4.74 Å². The lowest BCUT2D eigenvalue weighted by atomic mass is 10.2. The van der Waals surface area contributed by atoms with Gasteiger partial charge in [0.2, 0.25) is 0 Å². The zero-order chi connectivity index (χ0) is 14.0. The third-order valence-electron chi connectivity index (χ3n) is 3.09. The number of hydrogen-bond acceptors (Lipinski definition) is 6. The van der Waals surface area contributed by atoms with Crippen molar-refractivity contribution in [2.75, 3.05) is 25.1 Å². The summed E-state index contributed by atoms with van der Waals surface area (Å²) in [4.78, 5) is 24.2. The van der Waals surface area contributed by atoms with Gasteiger partial charge >= 0.3 is 5.69 Å². The lowest BCUT2D eigenvalue weighted by Gasteiger charge is -2.20.